The molecule has 1 fully saturated rings. The second-order valence-corrected chi connectivity index (χ2v) is 11.5. The molecule has 44 heavy (non-hydrogen) atoms. The molecule has 0 aliphatic carbocycles. The predicted octanol–water partition coefficient (Wildman–Crippen LogP) is 6.78. The summed E-state index contributed by atoms with van der Waals surface area (Å²) in [6.07, 6.45) is 1.32. The van der Waals surface area contributed by atoms with Crippen molar-refractivity contribution in [1.82, 2.24) is 5.32 Å². The Morgan fingerprint density at radius 3 is 2.39 bits per heavy atom. The van der Waals surface area contributed by atoms with Gasteiger partial charge in [0.2, 0.25) is 0 Å². The van der Waals surface area contributed by atoms with Crippen molar-refractivity contribution >= 4 is 73.1 Å². The van der Waals surface area contributed by atoms with Crippen LogP contribution in [0.25, 0.3) is 6.08 Å². The molecule has 0 unspecified atom stereocenters. The van der Waals surface area contributed by atoms with E-state index in [1.165, 1.54) is 6.08 Å². The van der Waals surface area contributed by atoms with Gasteiger partial charge in [-0.1, -0.05) is 58.4 Å². The molecule has 2 N–H and O–H groups in total. The SMILES string of the molecule is Cc1cccc(NC(=O)COc2c(Br)cc(Br)cc2/C=C2/C(=O)NC(=O)N(c3ccc(OCc4ccccc4)cc3)C2=O)c1. The number of nitrogens with zero attached hydrogens (tertiary/aromatic N) is 1. The minimum Gasteiger partial charge on any atom is -0.489 e. The molecule has 0 spiro atoms. The third kappa shape index (κ3) is 7.42. The number of nitrogens with one attached hydrogen (secondary N) is 2. The summed E-state index contributed by atoms with van der Waals surface area (Å²) in [7, 11) is 0. The second-order valence-electron chi connectivity index (χ2n) is 9.74. The molecule has 4 aromatic carbocycles. The summed E-state index contributed by atoms with van der Waals surface area (Å²) in [4.78, 5) is 52.6. The van der Waals surface area contributed by atoms with Crippen molar-refractivity contribution in [2.45, 2.75) is 13.5 Å². The van der Waals surface area contributed by atoms with Gasteiger partial charge in [0.05, 0.1) is 10.2 Å². The van der Waals surface area contributed by atoms with Gasteiger partial charge in [-0.25, -0.2) is 9.69 Å². The van der Waals surface area contributed by atoms with E-state index in [0.717, 1.165) is 16.0 Å². The summed E-state index contributed by atoms with van der Waals surface area (Å²) in [6, 6.07) is 25.8. The van der Waals surface area contributed by atoms with Crippen LogP contribution in [0.2, 0.25) is 0 Å². The third-order valence-electron chi connectivity index (χ3n) is 6.43. The molecule has 11 heteroatoms. The molecule has 1 aliphatic heterocycles. The Labute approximate surface area is 270 Å². The highest BCUT2D eigenvalue weighted by Gasteiger charge is 2.37. The van der Waals surface area contributed by atoms with Crippen LogP contribution in [0.5, 0.6) is 11.5 Å². The van der Waals surface area contributed by atoms with Gasteiger partial charge < -0.3 is 14.8 Å². The number of amides is 5. The Morgan fingerprint density at radius 2 is 1.66 bits per heavy atom. The number of aryl methyl sites for hydroxylation is 1. The van der Waals surface area contributed by atoms with Gasteiger partial charge in [0.25, 0.3) is 17.7 Å². The highest BCUT2D eigenvalue weighted by Crippen LogP contribution is 2.35. The zero-order chi connectivity index (χ0) is 31.2. The minimum atomic E-state index is -0.880. The number of rotatable bonds is 9. The number of barbiturate groups is 1. The molecule has 0 radical (unpaired) electrons. The first-order valence-corrected chi connectivity index (χ1v) is 14.9. The van der Waals surface area contributed by atoms with Gasteiger partial charge >= 0.3 is 6.03 Å². The summed E-state index contributed by atoms with van der Waals surface area (Å²) >= 11 is 6.84. The van der Waals surface area contributed by atoms with Gasteiger partial charge in [-0.3, -0.25) is 19.7 Å². The van der Waals surface area contributed by atoms with E-state index in [1.54, 1.807) is 42.5 Å². The van der Waals surface area contributed by atoms with E-state index in [4.69, 9.17) is 9.47 Å². The normalized spacial score (nSPS) is 13.9. The largest absolute Gasteiger partial charge is 0.489 e. The van der Waals surface area contributed by atoms with Crippen molar-refractivity contribution in [2.75, 3.05) is 16.8 Å². The van der Waals surface area contributed by atoms with E-state index in [1.807, 2.05) is 55.5 Å². The van der Waals surface area contributed by atoms with E-state index < -0.39 is 23.8 Å². The number of benzene rings is 4. The molecule has 222 valence electrons. The maximum atomic E-state index is 13.5. The summed E-state index contributed by atoms with van der Waals surface area (Å²) in [5.74, 6) is -1.32. The van der Waals surface area contributed by atoms with Crippen molar-refractivity contribution in [3.63, 3.8) is 0 Å². The van der Waals surface area contributed by atoms with Crippen LogP contribution in [0.15, 0.2) is 106 Å². The molecule has 1 heterocycles. The quantitative estimate of drug-likeness (QED) is 0.146. The molecular weight excluding hydrogens is 694 g/mol. The lowest BCUT2D eigenvalue weighted by molar-refractivity contribution is -0.122. The number of carbonyl (C=O) groups excluding carboxylic acids is 4. The number of urea groups is 1. The number of anilines is 2. The zero-order valence-corrected chi connectivity index (χ0v) is 26.5. The Kier molecular flexibility index (Phi) is 9.56. The fourth-order valence-corrected chi connectivity index (χ4v) is 5.75. The summed E-state index contributed by atoms with van der Waals surface area (Å²) in [5.41, 5.74) is 2.88. The van der Waals surface area contributed by atoms with Gasteiger partial charge in [0, 0.05) is 15.7 Å². The smallest absolute Gasteiger partial charge is 0.335 e. The summed E-state index contributed by atoms with van der Waals surface area (Å²) in [6.45, 7) is 1.93. The van der Waals surface area contributed by atoms with E-state index >= 15 is 0 Å². The van der Waals surface area contributed by atoms with Crippen LogP contribution in [-0.4, -0.2) is 30.4 Å². The molecule has 9 nitrogen and oxygen atoms in total. The van der Waals surface area contributed by atoms with Gasteiger partial charge in [-0.15, -0.1) is 0 Å². The fraction of sp³-hybridized carbons (Fsp3) is 0.0909. The Balaban J connectivity index is 1.35. The highest BCUT2D eigenvalue weighted by molar-refractivity contribution is 9.11. The molecule has 5 rings (SSSR count). The van der Waals surface area contributed by atoms with Crippen molar-refractivity contribution < 1.29 is 28.7 Å². The second kappa shape index (κ2) is 13.7. The van der Waals surface area contributed by atoms with Crippen LogP contribution in [0.3, 0.4) is 0 Å². The lowest BCUT2D eigenvalue weighted by Crippen LogP contribution is -2.54. The summed E-state index contributed by atoms with van der Waals surface area (Å²) < 4.78 is 12.7. The minimum absolute atomic E-state index is 0.226. The van der Waals surface area contributed by atoms with E-state index in [2.05, 4.69) is 42.5 Å². The number of halogens is 2. The topological polar surface area (TPSA) is 114 Å². The predicted molar refractivity (Wildman–Crippen MR) is 173 cm³/mol. The van der Waals surface area contributed by atoms with Crippen LogP contribution in [-0.2, 0) is 21.0 Å². The maximum absolute atomic E-state index is 13.5. The van der Waals surface area contributed by atoms with Gasteiger partial charge in [-0.05, 0) is 88.6 Å². The van der Waals surface area contributed by atoms with Gasteiger partial charge in [0.15, 0.2) is 6.61 Å². The van der Waals surface area contributed by atoms with Crippen LogP contribution in [0.4, 0.5) is 16.2 Å². The molecule has 1 saturated heterocycles. The van der Waals surface area contributed by atoms with Crippen molar-refractivity contribution in [1.29, 1.82) is 0 Å². The number of hydrogen-bond donors (Lipinski definition) is 2. The Bertz CT molecular complexity index is 1770. The molecular formula is C33H25Br2N3O6. The average Bonchev–Trinajstić information content (AvgIpc) is 2.99. The molecule has 5 amide bonds. The lowest BCUT2D eigenvalue weighted by atomic mass is 10.1. The van der Waals surface area contributed by atoms with Crippen LogP contribution >= 0.6 is 31.9 Å². The van der Waals surface area contributed by atoms with Gasteiger partial charge in [-0.2, -0.15) is 0 Å². The lowest BCUT2D eigenvalue weighted by Gasteiger charge is -2.26. The molecule has 0 bridgehead atoms. The first kappa shape index (κ1) is 30.7. The number of carbonyl (C=O) groups is 4. The van der Waals surface area contributed by atoms with Gasteiger partial charge in [0.1, 0.15) is 23.7 Å². The fourth-order valence-electron chi connectivity index (χ4n) is 4.38. The Morgan fingerprint density at radius 1 is 0.909 bits per heavy atom. The van der Waals surface area contributed by atoms with Crippen molar-refractivity contribution in [3.05, 3.63) is 122 Å². The number of hydrogen-bond acceptors (Lipinski definition) is 6. The van der Waals surface area contributed by atoms with Crippen LogP contribution in [0, 0.1) is 6.92 Å². The molecule has 0 aromatic heterocycles. The number of ether oxygens (including phenoxy) is 2. The third-order valence-corrected chi connectivity index (χ3v) is 7.48. The van der Waals surface area contributed by atoms with Crippen LogP contribution < -0.4 is 25.0 Å². The molecule has 0 saturated carbocycles. The van der Waals surface area contributed by atoms with E-state index in [-0.39, 0.29) is 23.6 Å². The highest BCUT2D eigenvalue weighted by atomic mass is 79.9. The first-order chi connectivity index (χ1) is 21.2. The van der Waals surface area contributed by atoms with Crippen molar-refractivity contribution in [3.8, 4) is 11.5 Å². The van der Waals surface area contributed by atoms with Crippen LogP contribution in [0.1, 0.15) is 16.7 Å². The van der Waals surface area contributed by atoms with Crippen molar-refractivity contribution in [2.24, 2.45) is 0 Å². The zero-order valence-electron chi connectivity index (χ0n) is 23.3. The van der Waals surface area contributed by atoms with E-state index in [0.29, 0.717) is 32.6 Å². The Hall–Kier alpha value is -4.74. The average molecular weight is 719 g/mol. The molecule has 0 atom stereocenters. The molecule has 1 aliphatic rings. The summed E-state index contributed by atoms with van der Waals surface area (Å²) in [5, 5.41) is 4.99. The number of imide groups is 2. The van der Waals surface area contributed by atoms with E-state index in [9.17, 15) is 19.2 Å². The standard InChI is InChI=1S/C33H25Br2N3O6/c1-20-6-5-9-24(14-20)36-29(39)19-44-30-22(15-23(34)17-28(30)35)16-27-31(40)37-33(42)38(32(27)41)25-10-12-26(13-11-25)43-18-21-7-3-2-4-8-21/h2-17H,18-19H2,1H3,(H,36,39)(H,37,40,42)/b27-16-. The maximum Gasteiger partial charge on any atom is 0.335 e. The first-order valence-electron chi connectivity index (χ1n) is 13.3. The monoisotopic (exact) mass is 717 g/mol. The molecule has 4 aromatic rings.